The van der Waals surface area contributed by atoms with Crippen LogP contribution >= 0.6 is 23.2 Å². The first-order chi connectivity index (χ1) is 7.15. The SMILES string of the molecule is Cc1cc(-c2nc(Cl)nc(Cl)n2)ccn1. The molecule has 4 nitrogen and oxygen atoms in total. The molecule has 2 aromatic rings. The summed E-state index contributed by atoms with van der Waals surface area (Å²) >= 11 is 11.4. The zero-order valence-electron chi connectivity index (χ0n) is 7.78. The summed E-state index contributed by atoms with van der Waals surface area (Å²) < 4.78 is 0. The van der Waals surface area contributed by atoms with Gasteiger partial charge >= 0.3 is 0 Å². The molecule has 0 N–H and O–H groups in total. The minimum atomic E-state index is 0.0828. The first kappa shape index (κ1) is 10.3. The number of hydrogen-bond acceptors (Lipinski definition) is 4. The van der Waals surface area contributed by atoms with Gasteiger partial charge in [0.1, 0.15) is 0 Å². The van der Waals surface area contributed by atoms with Crippen molar-refractivity contribution in [2.24, 2.45) is 0 Å². The third kappa shape index (κ3) is 2.40. The maximum Gasteiger partial charge on any atom is 0.227 e. The number of nitrogens with zero attached hydrogens (tertiary/aromatic N) is 4. The Morgan fingerprint density at radius 3 is 2.33 bits per heavy atom. The highest BCUT2D eigenvalue weighted by Crippen LogP contribution is 2.17. The van der Waals surface area contributed by atoms with Crippen molar-refractivity contribution < 1.29 is 0 Å². The van der Waals surface area contributed by atoms with Crippen molar-refractivity contribution in [1.82, 2.24) is 19.9 Å². The van der Waals surface area contributed by atoms with Gasteiger partial charge in [0.05, 0.1) is 0 Å². The number of pyridine rings is 1. The Kier molecular flexibility index (Phi) is 2.79. The molecule has 0 aromatic carbocycles. The van der Waals surface area contributed by atoms with Gasteiger partial charge in [-0.1, -0.05) is 0 Å². The number of aromatic nitrogens is 4. The quantitative estimate of drug-likeness (QED) is 0.769. The molecule has 0 amide bonds. The van der Waals surface area contributed by atoms with E-state index in [2.05, 4.69) is 19.9 Å². The molecule has 0 spiro atoms. The van der Waals surface area contributed by atoms with Gasteiger partial charge in [-0.2, -0.15) is 15.0 Å². The summed E-state index contributed by atoms with van der Waals surface area (Å²) in [6.45, 7) is 1.88. The van der Waals surface area contributed by atoms with E-state index in [0.29, 0.717) is 5.82 Å². The van der Waals surface area contributed by atoms with Crippen molar-refractivity contribution in [2.75, 3.05) is 0 Å². The zero-order valence-corrected chi connectivity index (χ0v) is 9.29. The summed E-state index contributed by atoms with van der Waals surface area (Å²) in [5.41, 5.74) is 1.69. The van der Waals surface area contributed by atoms with Crippen LogP contribution < -0.4 is 0 Å². The van der Waals surface area contributed by atoms with Crippen molar-refractivity contribution in [3.05, 3.63) is 34.6 Å². The van der Waals surface area contributed by atoms with Gasteiger partial charge in [0, 0.05) is 17.5 Å². The second-order valence-electron chi connectivity index (χ2n) is 2.88. The molecular weight excluding hydrogens is 235 g/mol. The van der Waals surface area contributed by atoms with Crippen molar-refractivity contribution in [1.29, 1.82) is 0 Å². The van der Waals surface area contributed by atoms with Gasteiger partial charge in [0.15, 0.2) is 5.82 Å². The van der Waals surface area contributed by atoms with Crippen LogP contribution in [0.4, 0.5) is 0 Å². The molecule has 6 heteroatoms. The standard InChI is InChI=1S/C9H6Cl2N4/c1-5-4-6(2-3-12-5)7-13-8(10)15-9(11)14-7/h2-4H,1H3. The molecule has 0 aliphatic rings. The fourth-order valence-corrected chi connectivity index (χ4v) is 1.50. The van der Waals surface area contributed by atoms with Crippen molar-refractivity contribution in [3.63, 3.8) is 0 Å². The largest absolute Gasteiger partial charge is 0.262 e. The monoisotopic (exact) mass is 240 g/mol. The lowest BCUT2D eigenvalue weighted by molar-refractivity contribution is 1.05. The molecule has 0 fully saturated rings. The molecule has 0 atom stereocenters. The molecule has 0 aliphatic heterocycles. The molecule has 2 heterocycles. The molecule has 0 saturated heterocycles. The van der Waals surface area contributed by atoms with Gasteiger partial charge in [-0.05, 0) is 42.3 Å². The fraction of sp³-hybridized carbons (Fsp3) is 0.111. The molecule has 0 aliphatic carbocycles. The smallest absolute Gasteiger partial charge is 0.227 e. The highest BCUT2D eigenvalue weighted by Gasteiger charge is 2.05. The number of halogens is 2. The van der Waals surface area contributed by atoms with Crippen LogP contribution in [-0.2, 0) is 0 Å². The van der Waals surface area contributed by atoms with Gasteiger partial charge in [-0.25, -0.2) is 0 Å². The first-order valence-corrected chi connectivity index (χ1v) is 4.91. The van der Waals surface area contributed by atoms with Crippen LogP contribution in [-0.4, -0.2) is 19.9 Å². The zero-order chi connectivity index (χ0) is 10.8. The third-order valence-electron chi connectivity index (χ3n) is 1.74. The maximum atomic E-state index is 5.68. The van der Waals surface area contributed by atoms with Crippen LogP contribution in [0.1, 0.15) is 5.69 Å². The van der Waals surface area contributed by atoms with E-state index in [1.165, 1.54) is 0 Å². The Morgan fingerprint density at radius 2 is 1.73 bits per heavy atom. The van der Waals surface area contributed by atoms with Gasteiger partial charge in [-0.3, -0.25) is 4.98 Å². The first-order valence-electron chi connectivity index (χ1n) is 4.15. The Morgan fingerprint density at radius 1 is 1.07 bits per heavy atom. The fourth-order valence-electron chi connectivity index (χ4n) is 1.14. The van der Waals surface area contributed by atoms with Crippen LogP contribution in [0.15, 0.2) is 18.3 Å². The van der Waals surface area contributed by atoms with Gasteiger partial charge in [0.2, 0.25) is 10.6 Å². The summed E-state index contributed by atoms with van der Waals surface area (Å²) in [5, 5.41) is 0.166. The molecule has 76 valence electrons. The van der Waals surface area contributed by atoms with E-state index in [4.69, 9.17) is 23.2 Å². The summed E-state index contributed by atoms with van der Waals surface area (Å²) in [7, 11) is 0. The van der Waals surface area contributed by atoms with Crippen LogP contribution in [0.25, 0.3) is 11.4 Å². The van der Waals surface area contributed by atoms with Gasteiger partial charge in [0.25, 0.3) is 0 Å². The molecule has 2 rings (SSSR count). The Bertz CT molecular complexity index is 481. The molecular formula is C9H6Cl2N4. The minimum absolute atomic E-state index is 0.0828. The number of hydrogen-bond donors (Lipinski definition) is 0. The number of aryl methyl sites for hydroxylation is 1. The van der Waals surface area contributed by atoms with E-state index >= 15 is 0 Å². The van der Waals surface area contributed by atoms with Crippen molar-refractivity contribution in [2.45, 2.75) is 6.92 Å². The molecule has 0 radical (unpaired) electrons. The topological polar surface area (TPSA) is 51.6 Å². The molecule has 0 saturated carbocycles. The average molecular weight is 241 g/mol. The maximum absolute atomic E-state index is 5.68. The normalized spacial score (nSPS) is 10.3. The molecule has 0 bridgehead atoms. The summed E-state index contributed by atoms with van der Waals surface area (Å²) in [4.78, 5) is 15.7. The predicted octanol–water partition coefficient (Wildman–Crippen LogP) is 2.55. The Hall–Kier alpha value is -1.26. The third-order valence-corrected chi connectivity index (χ3v) is 2.07. The van der Waals surface area contributed by atoms with E-state index in [1.54, 1.807) is 12.3 Å². The molecule has 2 aromatic heterocycles. The van der Waals surface area contributed by atoms with E-state index in [0.717, 1.165) is 11.3 Å². The van der Waals surface area contributed by atoms with E-state index in [9.17, 15) is 0 Å². The van der Waals surface area contributed by atoms with E-state index in [1.807, 2.05) is 13.0 Å². The molecule has 15 heavy (non-hydrogen) atoms. The van der Waals surface area contributed by atoms with E-state index in [-0.39, 0.29) is 10.6 Å². The Balaban J connectivity index is 2.54. The van der Waals surface area contributed by atoms with Crippen molar-refractivity contribution >= 4 is 23.2 Å². The lowest BCUT2D eigenvalue weighted by Gasteiger charge is -2.01. The van der Waals surface area contributed by atoms with Crippen LogP contribution in [0, 0.1) is 6.92 Å². The highest BCUT2D eigenvalue weighted by atomic mass is 35.5. The van der Waals surface area contributed by atoms with E-state index < -0.39 is 0 Å². The van der Waals surface area contributed by atoms with Crippen LogP contribution in [0.3, 0.4) is 0 Å². The molecule has 0 unspecified atom stereocenters. The number of rotatable bonds is 1. The Labute approximate surface area is 96.3 Å². The lowest BCUT2D eigenvalue weighted by Crippen LogP contribution is -1.94. The van der Waals surface area contributed by atoms with Gasteiger partial charge in [-0.15, -0.1) is 0 Å². The van der Waals surface area contributed by atoms with Crippen molar-refractivity contribution in [3.8, 4) is 11.4 Å². The second-order valence-corrected chi connectivity index (χ2v) is 3.56. The summed E-state index contributed by atoms with van der Waals surface area (Å²) in [6.07, 6.45) is 1.68. The minimum Gasteiger partial charge on any atom is -0.262 e. The van der Waals surface area contributed by atoms with Crippen LogP contribution in [0.5, 0.6) is 0 Å². The average Bonchev–Trinajstić information content (AvgIpc) is 2.16. The lowest BCUT2D eigenvalue weighted by atomic mass is 10.2. The second kappa shape index (κ2) is 4.08. The highest BCUT2D eigenvalue weighted by molar-refractivity contribution is 6.31. The van der Waals surface area contributed by atoms with Gasteiger partial charge < -0.3 is 0 Å². The predicted molar refractivity (Wildman–Crippen MR) is 57.8 cm³/mol. The van der Waals surface area contributed by atoms with Crippen LogP contribution in [0.2, 0.25) is 10.6 Å². The summed E-state index contributed by atoms with van der Waals surface area (Å²) in [5.74, 6) is 0.450. The summed E-state index contributed by atoms with van der Waals surface area (Å²) in [6, 6.07) is 3.64.